The highest BCUT2D eigenvalue weighted by molar-refractivity contribution is 5.77. The minimum Gasteiger partial charge on any atom is -0.484 e. The molecule has 0 atom stereocenters. The Morgan fingerprint density at radius 2 is 1.85 bits per heavy atom. The maximum Gasteiger partial charge on any atom is 0.257 e. The second-order valence-corrected chi connectivity index (χ2v) is 6.72. The molecular weight excluding hydrogens is 326 g/mol. The fourth-order valence-corrected chi connectivity index (χ4v) is 2.92. The second-order valence-electron chi connectivity index (χ2n) is 6.72. The van der Waals surface area contributed by atoms with Crippen molar-refractivity contribution in [3.63, 3.8) is 0 Å². The number of hydrogen-bond donors (Lipinski definition) is 1. The van der Waals surface area contributed by atoms with Gasteiger partial charge in [0, 0.05) is 19.5 Å². The lowest BCUT2D eigenvalue weighted by Gasteiger charge is -2.12. The van der Waals surface area contributed by atoms with E-state index in [1.807, 2.05) is 48.5 Å². The molecule has 0 saturated heterocycles. The number of carbonyl (C=O) groups is 1. The minimum atomic E-state index is -0.125. The maximum atomic E-state index is 12.0. The van der Waals surface area contributed by atoms with Gasteiger partial charge in [0.1, 0.15) is 11.6 Å². The number of carbonyl (C=O) groups excluding carboxylic acids is 1. The standard InChI is InChI=1S/C21H25N3O2/c1-16(2)14-24-19-11-7-6-10-18(19)23-20(24)12-13-22-21(25)15-26-17-8-4-3-5-9-17/h3-11,16H,12-15H2,1-2H3,(H,22,25). The molecule has 0 radical (unpaired) electrons. The van der Waals surface area contributed by atoms with Crippen LogP contribution in [0, 0.1) is 5.92 Å². The van der Waals surface area contributed by atoms with Crippen molar-refractivity contribution in [3.8, 4) is 5.75 Å². The summed E-state index contributed by atoms with van der Waals surface area (Å²) in [6.45, 7) is 5.87. The highest BCUT2D eigenvalue weighted by atomic mass is 16.5. The Morgan fingerprint density at radius 3 is 2.62 bits per heavy atom. The van der Waals surface area contributed by atoms with Crippen LogP contribution in [-0.4, -0.2) is 28.6 Å². The number of nitrogens with one attached hydrogen (secondary N) is 1. The summed E-state index contributed by atoms with van der Waals surface area (Å²) in [5.41, 5.74) is 2.15. The third kappa shape index (κ3) is 4.63. The summed E-state index contributed by atoms with van der Waals surface area (Å²) in [5.74, 6) is 2.10. The predicted octanol–water partition coefficient (Wildman–Crippen LogP) is 3.43. The van der Waals surface area contributed by atoms with Crippen LogP contribution in [0.15, 0.2) is 54.6 Å². The van der Waals surface area contributed by atoms with Crippen molar-refractivity contribution in [2.45, 2.75) is 26.8 Å². The summed E-state index contributed by atoms with van der Waals surface area (Å²) >= 11 is 0. The lowest BCUT2D eigenvalue weighted by molar-refractivity contribution is -0.123. The molecule has 136 valence electrons. The first-order valence-electron chi connectivity index (χ1n) is 9.02. The molecule has 1 amide bonds. The Hall–Kier alpha value is -2.82. The molecule has 1 N–H and O–H groups in total. The molecule has 0 saturated carbocycles. The van der Waals surface area contributed by atoms with Gasteiger partial charge in [-0.05, 0) is 30.2 Å². The molecule has 0 aliphatic rings. The van der Waals surface area contributed by atoms with Gasteiger partial charge in [-0.3, -0.25) is 4.79 Å². The number of benzene rings is 2. The molecule has 3 rings (SSSR count). The van der Waals surface area contributed by atoms with Crippen molar-refractivity contribution < 1.29 is 9.53 Å². The molecule has 5 heteroatoms. The van der Waals surface area contributed by atoms with Gasteiger partial charge in [0.25, 0.3) is 5.91 Å². The van der Waals surface area contributed by atoms with Gasteiger partial charge in [0.05, 0.1) is 11.0 Å². The van der Waals surface area contributed by atoms with E-state index in [4.69, 9.17) is 9.72 Å². The number of aromatic nitrogens is 2. The molecule has 0 bridgehead atoms. The molecular formula is C21H25N3O2. The van der Waals surface area contributed by atoms with E-state index < -0.39 is 0 Å². The van der Waals surface area contributed by atoms with Crippen molar-refractivity contribution in [2.75, 3.05) is 13.2 Å². The van der Waals surface area contributed by atoms with Crippen molar-refractivity contribution in [1.29, 1.82) is 0 Å². The van der Waals surface area contributed by atoms with Crippen LogP contribution in [0.25, 0.3) is 11.0 Å². The minimum absolute atomic E-state index is 0.0203. The predicted molar refractivity (Wildman–Crippen MR) is 103 cm³/mol. The molecule has 1 heterocycles. The summed E-state index contributed by atoms with van der Waals surface area (Å²) in [6, 6.07) is 17.5. The van der Waals surface area contributed by atoms with Crippen molar-refractivity contribution in [3.05, 3.63) is 60.4 Å². The number of nitrogens with zero attached hydrogens (tertiary/aromatic N) is 2. The average molecular weight is 351 g/mol. The number of amides is 1. The van der Waals surface area contributed by atoms with Crippen LogP contribution in [-0.2, 0) is 17.8 Å². The number of rotatable bonds is 8. The second kappa shape index (κ2) is 8.52. The Labute approximate surface area is 154 Å². The molecule has 0 aliphatic carbocycles. The van der Waals surface area contributed by atoms with Crippen LogP contribution in [0.3, 0.4) is 0 Å². The monoisotopic (exact) mass is 351 g/mol. The zero-order chi connectivity index (χ0) is 18.4. The number of para-hydroxylation sites is 3. The van der Waals surface area contributed by atoms with Gasteiger partial charge in [-0.2, -0.15) is 0 Å². The van der Waals surface area contributed by atoms with Gasteiger partial charge in [-0.15, -0.1) is 0 Å². The van der Waals surface area contributed by atoms with E-state index in [1.54, 1.807) is 0 Å². The largest absolute Gasteiger partial charge is 0.484 e. The van der Waals surface area contributed by atoms with E-state index in [2.05, 4.69) is 29.8 Å². The Balaban J connectivity index is 1.56. The molecule has 1 aromatic heterocycles. The van der Waals surface area contributed by atoms with Crippen LogP contribution in [0.1, 0.15) is 19.7 Å². The van der Waals surface area contributed by atoms with E-state index in [9.17, 15) is 4.79 Å². The van der Waals surface area contributed by atoms with Crippen LogP contribution < -0.4 is 10.1 Å². The maximum absolute atomic E-state index is 12.0. The fourth-order valence-electron chi connectivity index (χ4n) is 2.92. The molecule has 5 nitrogen and oxygen atoms in total. The first kappa shape index (κ1) is 18.0. The van der Waals surface area contributed by atoms with Crippen LogP contribution in [0.2, 0.25) is 0 Å². The third-order valence-corrected chi connectivity index (χ3v) is 4.07. The lowest BCUT2D eigenvalue weighted by atomic mass is 10.2. The van der Waals surface area contributed by atoms with Crippen LogP contribution >= 0.6 is 0 Å². The summed E-state index contributed by atoms with van der Waals surface area (Å²) < 4.78 is 7.72. The smallest absolute Gasteiger partial charge is 0.257 e. The van der Waals surface area contributed by atoms with Crippen molar-refractivity contribution in [2.24, 2.45) is 5.92 Å². The molecule has 3 aromatic rings. The number of ether oxygens (including phenoxy) is 1. The zero-order valence-corrected chi connectivity index (χ0v) is 15.3. The normalized spacial score (nSPS) is 11.0. The van der Waals surface area contributed by atoms with E-state index >= 15 is 0 Å². The quantitative estimate of drug-likeness (QED) is 0.676. The van der Waals surface area contributed by atoms with Crippen molar-refractivity contribution >= 4 is 16.9 Å². The molecule has 0 spiro atoms. The van der Waals surface area contributed by atoms with Gasteiger partial charge in [-0.25, -0.2) is 4.98 Å². The molecule has 0 fully saturated rings. The summed E-state index contributed by atoms with van der Waals surface area (Å²) in [4.78, 5) is 16.7. The Morgan fingerprint density at radius 1 is 1.12 bits per heavy atom. The van der Waals surface area contributed by atoms with E-state index in [-0.39, 0.29) is 12.5 Å². The lowest BCUT2D eigenvalue weighted by Crippen LogP contribution is -2.31. The number of imidazole rings is 1. The Bertz CT molecular complexity index is 856. The molecule has 2 aromatic carbocycles. The topological polar surface area (TPSA) is 56.2 Å². The molecule has 26 heavy (non-hydrogen) atoms. The zero-order valence-electron chi connectivity index (χ0n) is 15.3. The SMILES string of the molecule is CC(C)Cn1c(CCNC(=O)COc2ccccc2)nc2ccccc21. The third-order valence-electron chi connectivity index (χ3n) is 4.07. The van der Waals surface area contributed by atoms with E-state index in [1.165, 1.54) is 0 Å². The summed E-state index contributed by atoms with van der Waals surface area (Å²) in [5, 5.41) is 2.91. The number of hydrogen-bond acceptors (Lipinski definition) is 3. The molecule has 0 unspecified atom stereocenters. The fraction of sp³-hybridized carbons (Fsp3) is 0.333. The molecule has 0 aliphatic heterocycles. The summed E-state index contributed by atoms with van der Waals surface area (Å²) in [7, 11) is 0. The Kier molecular flexibility index (Phi) is 5.89. The summed E-state index contributed by atoms with van der Waals surface area (Å²) in [6.07, 6.45) is 0.693. The van der Waals surface area contributed by atoms with Gasteiger partial charge in [0.15, 0.2) is 6.61 Å². The first-order chi connectivity index (χ1) is 12.6. The van der Waals surface area contributed by atoms with Gasteiger partial charge < -0.3 is 14.6 Å². The van der Waals surface area contributed by atoms with Gasteiger partial charge in [-0.1, -0.05) is 44.2 Å². The van der Waals surface area contributed by atoms with Crippen LogP contribution in [0.4, 0.5) is 0 Å². The van der Waals surface area contributed by atoms with E-state index in [0.29, 0.717) is 24.6 Å². The van der Waals surface area contributed by atoms with Gasteiger partial charge in [0.2, 0.25) is 0 Å². The highest BCUT2D eigenvalue weighted by Gasteiger charge is 2.12. The first-order valence-corrected chi connectivity index (χ1v) is 9.02. The van der Waals surface area contributed by atoms with Gasteiger partial charge >= 0.3 is 0 Å². The van der Waals surface area contributed by atoms with Crippen molar-refractivity contribution in [1.82, 2.24) is 14.9 Å². The average Bonchev–Trinajstić information content (AvgIpc) is 2.98. The highest BCUT2D eigenvalue weighted by Crippen LogP contribution is 2.18. The number of fused-ring (bicyclic) bond motifs is 1. The van der Waals surface area contributed by atoms with E-state index in [0.717, 1.165) is 23.4 Å². The van der Waals surface area contributed by atoms with Crippen LogP contribution in [0.5, 0.6) is 5.75 Å².